The summed E-state index contributed by atoms with van der Waals surface area (Å²) >= 11 is 0. The van der Waals surface area contributed by atoms with Crippen molar-refractivity contribution in [3.8, 4) is 0 Å². The lowest BCUT2D eigenvalue weighted by molar-refractivity contribution is -0.286. The third kappa shape index (κ3) is 21.9. The monoisotopic (exact) mass is 1110 g/mol. The van der Waals surface area contributed by atoms with Crippen LogP contribution in [-0.4, -0.2) is 195 Å². The standard InChI is InChI=1S/C17H24FN3O7.C11H14FN3O2.C6H12O6.3CH4.7H2S/c1-21-6-9(27-17(21)26)5-19-11-3-2-8(4-10(11)18)20-16-15(25)14(24)13(23)12(7-22)28-16;1-15-6-8(17-11(15)16)5-14-10-3-2-7(13)4-9(10)12;7-1-2-3(8)4(9)5(10)6(11)12-2;;;;;;;;;;/h2-4,9,12-16,19-20,22-25H,5-7H2,1H3;2-4,8,14H,5-6,13H2,1H3;2-11H,1H2;3*1H4;7*1H2/t9-,12?,13-,14+,15?,16-;8-;2?,3-,4+,5?,6+;;;;;;;;;;/m001........../s1. The van der Waals surface area contributed by atoms with Crippen molar-refractivity contribution in [2.45, 2.75) is 95.8 Å². The first-order valence-corrected chi connectivity index (χ1v) is 17.6. The molecule has 4 fully saturated rings. The Morgan fingerprint density at radius 2 is 1.01 bits per heavy atom. The number of aliphatic hydroxyl groups excluding tert-OH is 9. The molecule has 14 N–H and O–H groups in total. The van der Waals surface area contributed by atoms with Gasteiger partial charge >= 0.3 is 12.2 Å². The van der Waals surface area contributed by atoms with Crippen LogP contribution >= 0.6 is 94.5 Å². The molecule has 12 atom stereocenters. The number of nitrogen functional groups attached to an aromatic ring is 1. The van der Waals surface area contributed by atoms with Crippen LogP contribution < -0.4 is 21.7 Å². The van der Waals surface area contributed by atoms with Crippen LogP contribution in [-0.2, 0) is 18.9 Å². The lowest BCUT2D eigenvalue weighted by Gasteiger charge is -2.40. The maximum atomic E-state index is 14.4. The smallest absolute Gasteiger partial charge is 0.410 e. The fourth-order valence-corrected chi connectivity index (χ4v) is 5.85. The summed E-state index contributed by atoms with van der Waals surface area (Å²) in [7, 11) is 3.27. The molecule has 4 heterocycles. The Bertz CT molecular complexity index is 1670. The van der Waals surface area contributed by atoms with Gasteiger partial charge in [0.1, 0.15) is 72.7 Å². The number of anilines is 4. The normalized spacial score (nSPS) is 27.5. The average Bonchev–Trinajstić information content (AvgIpc) is 3.68. The van der Waals surface area contributed by atoms with Gasteiger partial charge < -0.3 is 96.4 Å². The number of ether oxygens (including phenoxy) is 4. The van der Waals surface area contributed by atoms with Gasteiger partial charge in [0.15, 0.2) is 12.5 Å². The third-order valence-corrected chi connectivity index (χ3v) is 9.18. The molecule has 30 heteroatoms. The van der Waals surface area contributed by atoms with Gasteiger partial charge in [-0.25, -0.2) is 18.4 Å². The molecule has 0 bridgehead atoms. The minimum absolute atomic E-state index is 0. The van der Waals surface area contributed by atoms with E-state index >= 15 is 0 Å². The first-order chi connectivity index (χ1) is 26.9. The SMILES string of the molecule is C.C.C.CN1C[C@H](CNc2ccc(N)cc2F)OC1=O.CN1C[C@H](CNc2ccc(N[C@H]3OC(CO)[C@H](O)[C@@H](O)C3O)cc2F)OC1=O.OCC1O[C@H](O)C(O)[C@@H](O)[C@@H]1O.S.S.S.S.S.S.S. The topological polar surface area (TPSA) is 322 Å². The van der Waals surface area contributed by atoms with Crippen molar-refractivity contribution in [1.82, 2.24) is 9.80 Å². The zero-order valence-corrected chi connectivity index (χ0v) is 41.3. The Morgan fingerprint density at radius 1 is 0.612 bits per heavy atom. The van der Waals surface area contributed by atoms with E-state index in [1.807, 2.05) is 0 Å². The van der Waals surface area contributed by atoms with Crippen molar-refractivity contribution >= 4 is 129 Å². The number of amides is 2. The van der Waals surface area contributed by atoms with E-state index in [4.69, 9.17) is 45.5 Å². The lowest BCUT2D eigenvalue weighted by Crippen LogP contribution is -2.60. The van der Waals surface area contributed by atoms with Crippen molar-refractivity contribution < 1.29 is 83.3 Å². The Labute approximate surface area is 439 Å². The lowest BCUT2D eigenvalue weighted by atomic mass is 9.98. The van der Waals surface area contributed by atoms with Gasteiger partial charge in [0.05, 0.1) is 50.8 Å². The quantitative estimate of drug-likeness (QED) is 0.135. The number of nitrogens with zero attached hydrogens (tertiary/aromatic N) is 2. The van der Waals surface area contributed by atoms with Gasteiger partial charge in [-0.15, -0.1) is 0 Å². The molecule has 4 aliphatic heterocycles. The first-order valence-electron chi connectivity index (χ1n) is 17.6. The molecule has 0 radical (unpaired) electrons. The summed E-state index contributed by atoms with van der Waals surface area (Å²) in [4.78, 5) is 25.3. The van der Waals surface area contributed by atoms with Crippen LogP contribution in [0.1, 0.15) is 22.3 Å². The molecule has 2 aromatic rings. The number of likely N-dealkylation sites (N-methyl/N-ethyl adjacent to an activating group) is 2. The van der Waals surface area contributed by atoms with E-state index in [1.165, 1.54) is 28.0 Å². The molecule has 0 spiro atoms. The highest BCUT2D eigenvalue weighted by molar-refractivity contribution is 7.60. The van der Waals surface area contributed by atoms with Gasteiger partial charge in [0.25, 0.3) is 0 Å². The fraction of sp³-hybridized carbons (Fsp3) is 0.622. The van der Waals surface area contributed by atoms with Crippen molar-refractivity contribution in [2.24, 2.45) is 0 Å². The molecule has 0 saturated carbocycles. The Hall–Kier alpha value is -1.95. The second-order valence-electron chi connectivity index (χ2n) is 13.6. The summed E-state index contributed by atoms with van der Waals surface area (Å²) in [5.41, 5.74) is 6.63. The zero-order chi connectivity index (χ0) is 42.1. The number of hydrogen-bond donors (Lipinski definition) is 13. The van der Waals surface area contributed by atoms with Crippen LogP contribution in [0.15, 0.2) is 36.4 Å². The molecule has 4 saturated heterocycles. The third-order valence-electron chi connectivity index (χ3n) is 9.18. The van der Waals surface area contributed by atoms with Crippen LogP contribution in [0.4, 0.5) is 41.1 Å². The predicted octanol–water partition coefficient (Wildman–Crippen LogP) is -0.353. The Kier molecular flexibility index (Phi) is 43.6. The summed E-state index contributed by atoms with van der Waals surface area (Å²) in [6.45, 7) is 0.444. The van der Waals surface area contributed by atoms with E-state index in [2.05, 4.69) is 20.7 Å². The van der Waals surface area contributed by atoms with Crippen molar-refractivity contribution in [1.29, 1.82) is 0 Å². The zero-order valence-electron chi connectivity index (χ0n) is 34.3. The molecular weight excluding hydrogens is 1030 g/mol. The van der Waals surface area contributed by atoms with Gasteiger partial charge in [-0.3, -0.25) is 0 Å². The molecule has 2 amide bonds. The van der Waals surface area contributed by atoms with E-state index < -0.39 is 92.3 Å². The highest BCUT2D eigenvalue weighted by Gasteiger charge is 2.44. The van der Waals surface area contributed by atoms with Gasteiger partial charge in [0, 0.05) is 25.5 Å². The van der Waals surface area contributed by atoms with Gasteiger partial charge in [-0.2, -0.15) is 94.5 Å². The van der Waals surface area contributed by atoms with Crippen LogP contribution in [0.25, 0.3) is 0 Å². The molecule has 2 aromatic carbocycles. The van der Waals surface area contributed by atoms with E-state index in [1.54, 1.807) is 26.2 Å². The molecule has 4 unspecified atom stereocenters. The van der Waals surface area contributed by atoms with Crippen LogP contribution in [0.5, 0.6) is 0 Å². The molecular formula is C37H76F2N6O15S7. The number of halogens is 2. The van der Waals surface area contributed by atoms with Crippen molar-refractivity contribution in [2.75, 3.05) is 75.2 Å². The van der Waals surface area contributed by atoms with Crippen molar-refractivity contribution in [3.63, 3.8) is 0 Å². The van der Waals surface area contributed by atoms with E-state index in [0.717, 1.165) is 6.07 Å². The van der Waals surface area contributed by atoms with Crippen LogP contribution in [0.2, 0.25) is 0 Å². The average molecular weight is 1110 g/mol. The van der Waals surface area contributed by atoms with Gasteiger partial charge in [-0.05, 0) is 36.4 Å². The summed E-state index contributed by atoms with van der Waals surface area (Å²) in [5, 5.41) is 91.9. The predicted molar refractivity (Wildman–Crippen MR) is 286 cm³/mol. The summed E-state index contributed by atoms with van der Waals surface area (Å²) < 4.78 is 47.8. The van der Waals surface area contributed by atoms with Gasteiger partial charge in [0.2, 0.25) is 0 Å². The van der Waals surface area contributed by atoms with E-state index in [9.17, 15) is 38.8 Å². The highest BCUT2D eigenvalue weighted by atomic mass is 32.1. The van der Waals surface area contributed by atoms with Crippen LogP contribution in [0.3, 0.4) is 0 Å². The van der Waals surface area contributed by atoms with Crippen molar-refractivity contribution in [3.05, 3.63) is 48.0 Å². The number of carbonyl (C=O) groups excluding carboxylic acids is 2. The first kappa shape index (κ1) is 79.2. The maximum absolute atomic E-state index is 14.4. The second-order valence-corrected chi connectivity index (χ2v) is 13.6. The molecule has 6 rings (SSSR count). The number of aliphatic hydroxyl groups is 9. The largest absolute Gasteiger partial charge is 0.442 e. The highest BCUT2D eigenvalue weighted by Crippen LogP contribution is 2.26. The minimum atomic E-state index is -1.57. The number of nitrogens with two attached hydrogens (primary N) is 1. The van der Waals surface area contributed by atoms with E-state index in [-0.39, 0.29) is 153 Å². The molecule has 4 aliphatic rings. The van der Waals surface area contributed by atoms with Gasteiger partial charge in [-0.1, -0.05) is 22.3 Å². The molecule has 0 aromatic heterocycles. The maximum Gasteiger partial charge on any atom is 0.410 e. The van der Waals surface area contributed by atoms with E-state index in [0.29, 0.717) is 31.0 Å². The number of benzene rings is 2. The summed E-state index contributed by atoms with van der Waals surface area (Å²) in [6, 6.07) is 8.57. The summed E-state index contributed by atoms with van der Waals surface area (Å²) in [6.07, 6.45) is -15.1. The number of cyclic esters (lactones) is 2. The fourth-order valence-electron chi connectivity index (χ4n) is 5.85. The van der Waals surface area contributed by atoms with Crippen LogP contribution in [0, 0.1) is 11.6 Å². The number of nitrogens with one attached hydrogen (secondary N) is 3. The number of rotatable bonds is 10. The Morgan fingerprint density at radius 3 is 1.40 bits per heavy atom. The molecule has 21 nitrogen and oxygen atoms in total. The molecule has 67 heavy (non-hydrogen) atoms. The minimum Gasteiger partial charge on any atom is -0.442 e. The number of carbonyl (C=O) groups is 2. The molecule has 0 aliphatic carbocycles. The number of hydrogen-bond acceptors (Lipinski definition) is 19. The second kappa shape index (κ2) is 36.9. The Balaban J connectivity index is -0.000000162. The summed E-state index contributed by atoms with van der Waals surface area (Å²) in [5.74, 6) is -1.00. The molecule has 400 valence electrons.